The Morgan fingerprint density at radius 1 is 1.14 bits per heavy atom. The molecule has 0 radical (unpaired) electrons. The van der Waals surface area contributed by atoms with Crippen molar-refractivity contribution < 1.29 is 14.2 Å². The van der Waals surface area contributed by atoms with Gasteiger partial charge in [-0.15, -0.1) is 0 Å². The molecular formula is C10H21NO3. The Hall–Kier alpha value is -0.160. The minimum Gasteiger partial charge on any atom is -0.382 e. The highest BCUT2D eigenvalue weighted by molar-refractivity contribution is 4.69. The molecule has 0 amide bonds. The highest BCUT2D eigenvalue weighted by atomic mass is 16.5. The van der Waals surface area contributed by atoms with E-state index in [-0.39, 0.29) is 0 Å². The third-order valence-electron chi connectivity index (χ3n) is 2.32. The molecule has 1 unspecified atom stereocenters. The van der Waals surface area contributed by atoms with E-state index in [4.69, 9.17) is 14.2 Å². The van der Waals surface area contributed by atoms with Crippen LogP contribution in [0.1, 0.15) is 6.42 Å². The molecule has 4 nitrogen and oxygen atoms in total. The van der Waals surface area contributed by atoms with Crippen molar-refractivity contribution in [1.82, 2.24) is 5.32 Å². The lowest BCUT2D eigenvalue weighted by Gasteiger charge is -2.09. The van der Waals surface area contributed by atoms with Crippen LogP contribution in [0.15, 0.2) is 0 Å². The van der Waals surface area contributed by atoms with E-state index in [1.54, 1.807) is 7.11 Å². The van der Waals surface area contributed by atoms with Gasteiger partial charge in [0.15, 0.2) is 0 Å². The second kappa shape index (κ2) is 8.17. The van der Waals surface area contributed by atoms with E-state index < -0.39 is 0 Å². The first-order valence-corrected chi connectivity index (χ1v) is 5.28. The lowest BCUT2D eigenvalue weighted by molar-refractivity contribution is 0.0172. The Kier molecular flexibility index (Phi) is 6.95. The van der Waals surface area contributed by atoms with Gasteiger partial charge in [-0.2, -0.15) is 0 Å². The van der Waals surface area contributed by atoms with Crippen molar-refractivity contribution in [3.8, 4) is 0 Å². The van der Waals surface area contributed by atoms with E-state index in [2.05, 4.69) is 5.32 Å². The van der Waals surface area contributed by atoms with Gasteiger partial charge in [-0.3, -0.25) is 0 Å². The monoisotopic (exact) mass is 203 g/mol. The van der Waals surface area contributed by atoms with Crippen molar-refractivity contribution in [3.05, 3.63) is 0 Å². The van der Waals surface area contributed by atoms with Crippen molar-refractivity contribution in [1.29, 1.82) is 0 Å². The predicted molar refractivity (Wildman–Crippen MR) is 54.5 cm³/mol. The number of ether oxygens (including phenoxy) is 3. The quantitative estimate of drug-likeness (QED) is 0.575. The fourth-order valence-electron chi connectivity index (χ4n) is 1.47. The standard InChI is InChI=1S/C10H21NO3/c1-12-4-5-13-6-7-14-9-10-2-3-11-8-10/h10-11H,2-9H2,1H3. The van der Waals surface area contributed by atoms with Gasteiger partial charge in [0.1, 0.15) is 0 Å². The van der Waals surface area contributed by atoms with Crippen LogP contribution in [0.3, 0.4) is 0 Å². The van der Waals surface area contributed by atoms with E-state index in [9.17, 15) is 0 Å². The number of methoxy groups -OCH3 is 1. The SMILES string of the molecule is COCCOCCOCC1CCNC1. The average Bonchev–Trinajstić information content (AvgIpc) is 2.69. The minimum atomic E-state index is 0.658. The number of hydrogen-bond donors (Lipinski definition) is 1. The summed E-state index contributed by atoms with van der Waals surface area (Å²) in [7, 11) is 1.67. The normalized spacial score (nSPS) is 21.6. The summed E-state index contributed by atoms with van der Waals surface area (Å²) in [5.74, 6) is 0.703. The minimum absolute atomic E-state index is 0.658. The maximum atomic E-state index is 5.49. The average molecular weight is 203 g/mol. The zero-order chi connectivity index (χ0) is 10.1. The Morgan fingerprint density at radius 3 is 2.64 bits per heavy atom. The second-order valence-corrected chi connectivity index (χ2v) is 3.54. The van der Waals surface area contributed by atoms with Gasteiger partial charge in [0, 0.05) is 13.7 Å². The van der Waals surface area contributed by atoms with Crippen molar-refractivity contribution in [2.24, 2.45) is 5.92 Å². The van der Waals surface area contributed by atoms with Crippen LogP contribution < -0.4 is 5.32 Å². The molecule has 0 aliphatic carbocycles. The fourth-order valence-corrected chi connectivity index (χ4v) is 1.47. The van der Waals surface area contributed by atoms with E-state index in [0.717, 1.165) is 19.7 Å². The zero-order valence-electron chi connectivity index (χ0n) is 8.96. The first kappa shape index (κ1) is 11.9. The summed E-state index contributed by atoms with van der Waals surface area (Å²) < 4.78 is 15.6. The summed E-state index contributed by atoms with van der Waals surface area (Å²) in [5.41, 5.74) is 0. The maximum Gasteiger partial charge on any atom is 0.0701 e. The zero-order valence-corrected chi connectivity index (χ0v) is 8.96. The third kappa shape index (κ3) is 5.54. The summed E-state index contributed by atoms with van der Waals surface area (Å²) in [6.45, 7) is 5.78. The number of rotatable bonds is 8. The lowest BCUT2D eigenvalue weighted by atomic mass is 10.1. The first-order chi connectivity index (χ1) is 6.93. The van der Waals surface area contributed by atoms with E-state index in [1.807, 2.05) is 0 Å². The van der Waals surface area contributed by atoms with Crippen LogP contribution in [0, 0.1) is 5.92 Å². The summed E-state index contributed by atoms with van der Waals surface area (Å²) in [6, 6.07) is 0. The van der Waals surface area contributed by atoms with Gasteiger partial charge >= 0.3 is 0 Å². The van der Waals surface area contributed by atoms with E-state index in [1.165, 1.54) is 6.42 Å². The van der Waals surface area contributed by atoms with Crippen molar-refractivity contribution >= 4 is 0 Å². The Bertz CT molecular complexity index is 127. The topological polar surface area (TPSA) is 39.7 Å². The van der Waals surface area contributed by atoms with Gasteiger partial charge in [-0.25, -0.2) is 0 Å². The van der Waals surface area contributed by atoms with Crippen molar-refractivity contribution in [3.63, 3.8) is 0 Å². The molecule has 1 aliphatic heterocycles. The maximum absolute atomic E-state index is 5.49. The first-order valence-electron chi connectivity index (χ1n) is 5.28. The summed E-state index contributed by atoms with van der Waals surface area (Å²) in [4.78, 5) is 0. The molecule has 1 N–H and O–H groups in total. The molecule has 1 rings (SSSR count). The van der Waals surface area contributed by atoms with Crippen LogP contribution in [0.5, 0.6) is 0 Å². The van der Waals surface area contributed by atoms with Crippen molar-refractivity contribution in [2.45, 2.75) is 6.42 Å². The molecule has 0 aromatic carbocycles. The van der Waals surface area contributed by atoms with Gasteiger partial charge in [0.25, 0.3) is 0 Å². The molecule has 84 valence electrons. The van der Waals surface area contributed by atoms with Crippen LogP contribution >= 0.6 is 0 Å². The smallest absolute Gasteiger partial charge is 0.0701 e. The predicted octanol–water partition coefficient (Wildman–Crippen LogP) is 0.276. The van der Waals surface area contributed by atoms with Gasteiger partial charge in [0.2, 0.25) is 0 Å². The lowest BCUT2D eigenvalue weighted by Crippen LogP contribution is -2.16. The molecule has 14 heavy (non-hydrogen) atoms. The molecule has 0 aromatic rings. The Labute approximate surface area is 85.9 Å². The summed E-state index contributed by atoms with van der Waals surface area (Å²) in [6.07, 6.45) is 1.24. The van der Waals surface area contributed by atoms with Gasteiger partial charge in [-0.1, -0.05) is 0 Å². The van der Waals surface area contributed by atoms with Crippen LogP contribution in [0.25, 0.3) is 0 Å². The summed E-state index contributed by atoms with van der Waals surface area (Å²) >= 11 is 0. The van der Waals surface area contributed by atoms with Gasteiger partial charge in [-0.05, 0) is 18.9 Å². The van der Waals surface area contributed by atoms with Gasteiger partial charge in [0.05, 0.1) is 33.0 Å². The largest absolute Gasteiger partial charge is 0.382 e. The Balaban J connectivity index is 1.75. The molecule has 1 heterocycles. The third-order valence-corrected chi connectivity index (χ3v) is 2.32. The fraction of sp³-hybridized carbons (Fsp3) is 1.00. The number of nitrogens with one attached hydrogen (secondary N) is 1. The highest BCUT2D eigenvalue weighted by Gasteiger charge is 2.13. The van der Waals surface area contributed by atoms with Crippen LogP contribution in [0.4, 0.5) is 0 Å². The highest BCUT2D eigenvalue weighted by Crippen LogP contribution is 2.06. The second-order valence-electron chi connectivity index (χ2n) is 3.54. The van der Waals surface area contributed by atoms with E-state index in [0.29, 0.717) is 32.3 Å². The molecule has 0 aromatic heterocycles. The van der Waals surface area contributed by atoms with E-state index >= 15 is 0 Å². The van der Waals surface area contributed by atoms with Crippen LogP contribution in [0.2, 0.25) is 0 Å². The van der Waals surface area contributed by atoms with Crippen LogP contribution in [-0.2, 0) is 14.2 Å². The molecular weight excluding hydrogens is 182 g/mol. The molecule has 4 heteroatoms. The molecule has 0 spiro atoms. The van der Waals surface area contributed by atoms with Gasteiger partial charge < -0.3 is 19.5 Å². The molecule has 1 fully saturated rings. The molecule has 0 bridgehead atoms. The molecule has 0 saturated carbocycles. The number of hydrogen-bond acceptors (Lipinski definition) is 4. The van der Waals surface area contributed by atoms with Crippen LogP contribution in [-0.4, -0.2) is 53.2 Å². The van der Waals surface area contributed by atoms with Crippen molar-refractivity contribution in [2.75, 3.05) is 53.2 Å². The molecule has 1 atom stereocenters. The molecule has 1 saturated heterocycles. The summed E-state index contributed by atoms with van der Waals surface area (Å²) in [5, 5.41) is 3.31. The Morgan fingerprint density at radius 2 is 1.93 bits per heavy atom. The molecule has 1 aliphatic rings.